The molecule has 4 aromatic rings. The van der Waals surface area contributed by atoms with E-state index in [-0.39, 0.29) is 10.9 Å². The van der Waals surface area contributed by atoms with Crippen LogP contribution in [0.3, 0.4) is 0 Å². The van der Waals surface area contributed by atoms with E-state index in [0.29, 0.717) is 28.5 Å². The van der Waals surface area contributed by atoms with E-state index < -0.39 is 5.82 Å². The summed E-state index contributed by atoms with van der Waals surface area (Å²) in [6.07, 6.45) is 2.96. The van der Waals surface area contributed by atoms with Crippen LogP contribution in [-0.4, -0.2) is 32.9 Å². The summed E-state index contributed by atoms with van der Waals surface area (Å²) in [5.41, 5.74) is 3.10. The molecule has 0 radical (unpaired) electrons. The van der Waals surface area contributed by atoms with Crippen molar-refractivity contribution in [3.8, 4) is 0 Å². The summed E-state index contributed by atoms with van der Waals surface area (Å²) in [6.45, 7) is 1.50. The Balaban J connectivity index is 1.60. The van der Waals surface area contributed by atoms with Crippen molar-refractivity contribution in [1.29, 1.82) is 0 Å². The predicted molar refractivity (Wildman–Crippen MR) is 119 cm³/mol. The van der Waals surface area contributed by atoms with Crippen molar-refractivity contribution in [2.45, 2.75) is 6.92 Å². The number of nitrogens with zero attached hydrogens (tertiary/aromatic N) is 5. The number of fused-ring (bicyclic) bond motifs is 1. The van der Waals surface area contributed by atoms with Crippen molar-refractivity contribution in [3.63, 3.8) is 0 Å². The van der Waals surface area contributed by atoms with E-state index in [4.69, 9.17) is 11.6 Å². The van der Waals surface area contributed by atoms with Crippen molar-refractivity contribution < 1.29 is 9.18 Å². The molecule has 2 aromatic heterocycles. The molecule has 0 aliphatic heterocycles. The molecule has 0 fully saturated rings. The molecule has 1 amide bonds. The number of nitrogens with one attached hydrogen (secondary N) is 2. The molecule has 0 aliphatic rings. The first-order valence-electron chi connectivity index (χ1n) is 9.22. The number of halogens is 2. The predicted octanol–water partition coefficient (Wildman–Crippen LogP) is 4.68. The van der Waals surface area contributed by atoms with Crippen molar-refractivity contribution >= 4 is 57.4 Å². The average molecular weight is 438 g/mol. The molecule has 0 unspecified atom stereocenters. The van der Waals surface area contributed by atoms with Crippen LogP contribution in [0.4, 0.5) is 33.2 Å². The van der Waals surface area contributed by atoms with Gasteiger partial charge in [0.1, 0.15) is 23.2 Å². The summed E-state index contributed by atoms with van der Waals surface area (Å²) in [5, 5.41) is 6.20. The van der Waals surface area contributed by atoms with Crippen molar-refractivity contribution in [3.05, 3.63) is 65.8 Å². The highest BCUT2D eigenvalue weighted by Gasteiger charge is 2.10. The minimum absolute atomic E-state index is 0.000733. The van der Waals surface area contributed by atoms with Gasteiger partial charge in [-0.25, -0.2) is 24.3 Å². The van der Waals surface area contributed by atoms with Gasteiger partial charge in [0.15, 0.2) is 5.82 Å². The molecule has 31 heavy (non-hydrogen) atoms. The van der Waals surface area contributed by atoms with E-state index in [9.17, 15) is 9.18 Å². The van der Waals surface area contributed by atoms with Crippen molar-refractivity contribution in [1.82, 2.24) is 19.9 Å². The van der Waals surface area contributed by atoms with Crippen LogP contribution < -0.4 is 15.5 Å². The van der Waals surface area contributed by atoms with Gasteiger partial charge in [-0.3, -0.25) is 4.79 Å². The standard InChI is InChI=1S/C21H17ClFN7O/c1-12(31)30(2)15-6-3-13(4-7-15)28-21-24-10-18-19(29-21)20(26-11-25-18)27-14-5-8-17(23)16(22)9-14/h3-11H,1-2H3,(H,24,28,29)(H,25,26,27). The summed E-state index contributed by atoms with van der Waals surface area (Å²) < 4.78 is 13.4. The monoisotopic (exact) mass is 437 g/mol. The molecule has 0 saturated heterocycles. The zero-order chi connectivity index (χ0) is 22.0. The number of carbonyl (C=O) groups excluding carboxylic acids is 1. The second-order valence-electron chi connectivity index (χ2n) is 6.65. The van der Waals surface area contributed by atoms with Crippen LogP contribution in [0.1, 0.15) is 6.92 Å². The van der Waals surface area contributed by atoms with Crippen LogP contribution in [0.2, 0.25) is 5.02 Å². The fourth-order valence-corrected chi connectivity index (χ4v) is 2.98. The summed E-state index contributed by atoms with van der Waals surface area (Å²) >= 11 is 5.86. The molecule has 0 bridgehead atoms. The molecule has 2 aromatic carbocycles. The lowest BCUT2D eigenvalue weighted by atomic mass is 10.2. The van der Waals surface area contributed by atoms with E-state index in [1.165, 1.54) is 25.4 Å². The lowest BCUT2D eigenvalue weighted by Gasteiger charge is -2.15. The van der Waals surface area contributed by atoms with Crippen molar-refractivity contribution in [2.24, 2.45) is 0 Å². The molecule has 156 valence electrons. The Hall–Kier alpha value is -3.85. The second kappa shape index (κ2) is 8.49. The number of hydrogen-bond acceptors (Lipinski definition) is 7. The Morgan fingerprint density at radius 3 is 2.48 bits per heavy atom. The topological polar surface area (TPSA) is 95.9 Å². The van der Waals surface area contributed by atoms with Crippen LogP contribution in [0, 0.1) is 5.82 Å². The van der Waals surface area contributed by atoms with Crippen LogP contribution >= 0.6 is 11.6 Å². The number of hydrogen-bond donors (Lipinski definition) is 2. The third-order valence-corrected chi connectivity index (χ3v) is 4.83. The summed E-state index contributed by atoms with van der Waals surface area (Å²) in [5.74, 6) is 0.210. The Labute approximate surface area is 182 Å². The Morgan fingerprint density at radius 1 is 1.03 bits per heavy atom. The Bertz CT molecular complexity index is 1270. The van der Waals surface area contributed by atoms with E-state index in [1.807, 2.05) is 24.3 Å². The van der Waals surface area contributed by atoms with Gasteiger partial charge in [-0.2, -0.15) is 0 Å². The number of aromatic nitrogens is 4. The number of rotatable bonds is 5. The molecule has 0 saturated carbocycles. The van der Waals surface area contributed by atoms with Gasteiger partial charge in [-0.15, -0.1) is 0 Å². The van der Waals surface area contributed by atoms with Crippen LogP contribution in [0.25, 0.3) is 11.0 Å². The van der Waals surface area contributed by atoms with Gasteiger partial charge in [-0.05, 0) is 42.5 Å². The van der Waals surface area contributed by atoms with E-state index in [2.05, 4.69) is 30.6 Å². The quantitative estimate of drug-likeness (QED) is 0.467. The number of carbonyl (C=O) groups is 1. The fourth-order valence-electron chi connectivity index (χ4n) is 2.80. The molecular formula is C21H17ClFN7O. The largest absolute Gasteiger partial charge is 0.338 e. The molecule has 0 spiro atoms. The molecular weight excluding hydrogens is 421 g/mol. The molecule has 10 heteroatoms. The van der Waals surface area contributed by atoms with E-state index in [1.54, 1.807) is 24.2 Å². The summed E-state index contributed by atoms with van der Waals surface area (Å²) in [4.78, 5) is 30.3. The van der Waals surface area contributed by atoms with Crippen LogP contribution in [-0.2, 0) is 4.79 Å². The highest BCUT2D eigenvalue weighted by molar-refractivity contribution is 6.31. The smallest absolute Gasteiger partial charge is 0.227 e. The van der Waals surface area contributed by atoms with Crippen LogP contribution in [0.5, 0.6) is 0 Å². The molecule has 0 aliphatic carbocycles. The van der Waals surface area contributed by atoms with Crippen molar-refractivity contribution in [2.75, 3.05) is 22.6 Å². The molecule has 4 rings (SSSR count). The highest BCUT2D eigenvalue weighted by atomic mass is 35.5. The summed E-state index contributed by atoms with van der Waals surface area (Å²) in [7, 11) is 1.71. The van der Waals surface area contributed by atoms with Gasteiger partial charge in [0.2, 0.25) is 11.9 Å². The maximum absolute atomic E-state index is 13.4. The Morgan fingerprint density at radius 2 is 1.77 bits per heavy atom. The molecule has 2 heterocycles. The number of amides is 1. The summed E-state index contributed by atoms with van der Waals surface area (Å²) in [6, 6.07) is 11.6. The Kier molecular flexibility index (Phi) is 5.59. The molecule has 8 nitrogen and oxygen atoms in total. The zero-order valence-electron chi connectivity index (χ0n) is 16.6. The van der Waals surface area contributed by atoms with Gasteiger partial charge in [0.05, 0.1) is 11.2 Å². The van der Waals surface area contributed by atoms with Gasteiger partial charge in [0, 0.05) is 31.0 Å². The van der Waals surface area contributed by atoms with Gasteiger partial charge in [-0.1, -0.05) is 11.6 Å². The third kappa shape index (κ3) is 4.51. The van der Waals surface area contributed by atoms with E-state index >= 15 is 0 Å². The number of benzene rings is 2. The maximum atomic E-state index is 13.4. The first-order valence-corrected chi connectivity index (χ1v) is 9.60. The average Bonchev–Trinajstić information content (AvgIpc) is 2.76. The number of anilines is 5. The third-order valence-electron chi connectivity index (χ3n) is 4.54. The zero-order valence-corrected chi connectivity index (χ0v) is 17.4. The lowest BCUT2D eigenvalue weighted by Crippen LogP contribution is -2.22. The minimum Gasteiger partial charge on any atom is -0.338 e. The highest BCUT2D eigenvalue weighted by Crippen LogP contribution is 2.26. The van der Waals surface area contributed by atoms with Gasteiger partial charge < -0.3 is 15.5 Å². The van der Waals surface area contributed by atoms with Crippen LogP contribution in [0.15, 0.2) is 55.0 Å². The SMILES string of the molecule is CC(=O)N(C)c1ccc(Nc2ncc3ncnc(Nc4ccc(F)c(Cl)c4)c3n2)cc1. The van der Waals surface area contributed by atoms with Gasteiger partial charge in [0.25, 0.3) is 0 Å². The first-order chi connectivity index (χ1) is 14.9. The second-order valence-corrected chi connectivity index (χ2v) is 7.06. The minimum atomic E-state index is -0.505. The first kappa shape index (κ1) is 20.4. The molecule has 2 N–H and O–H groups in total. The molecule has 0 atom stereocenters. The lowest BCUT2D eigenvalue weighted by molar-refractivity contribution is -0.116. The normalized spacial score (nSPS) is 10.7. The maximum Gasteiger partial charge on any atom is 0.227 e. The fraction of sp³-hybridized carbons (Fsp3) is 0.0952. The van der Waals surface area contributed by atoms with Gasteiger partial charge >= 0.3 is 0 Å². The van der Waals surface area contributed by atoms with E-state index in [0.717, 1.165) is 11.4 Å².